The molecule has 138 valence electrons. The molecule has 0 aliphatic heterocycles. The van der Waals surface area contributed by atoms with Gasteiger partial charge in [-0.2, -0.15) is 0 Å². The number of terminal acetylenes is 1. The van der Waals surface area contributed by atoms with Gasteiger partial charge >= 0.3 is 5.97 Å². The molecule has 1 aromatic carbocycles. The van der Waals surface area contributed by atoms with Crippen LogP contribution < -0.4 is 16.0 Å². The second-order valence-corrected chi connectivity index (χ2v) is 5.52. The van der Waals surface area contributed by atoms with Crippen LogP contribution >= 0.6 is 0 Å². The molecule has 0 fully saturated rings. The lowest BCUT2D eigenvalue weighted by atomic mass is 10.0. The molecule has 0 aromatic heterocycles. The van der Waals surface area contributed by atoms with Gasteiger partial charge in [-0.05, 0) is 5.56 Å². The van der Waals surface area contributed by atoms with Gasteiger partial charge in [0, 0.05) is 19.8 Å². The van der Waals surface area contributed by atoms with Gasteiger partial charge in [0.25, 0.3) is 0 Å². The third-order valence-electron chi connectivity index (χ3n) is 3.35. The van der Waals surface area contributed by atoms with Crippen LogP contribution in [0, 0.1) is 12.3 Å². The van der Waals surface area contributed by atoms with E-state index in [2.05, 4.69) is 21.9 Å². The Bertz CT molecular complexity index is 697. The Labute approximate surface area is 151 Å². The van der Waals surface area contributed by atoms with Crippen LogP contribution in [-0.4, -0.2) is 47.4 Å². The van der Waals surface area contributed by atoms with E-state index in [4.69, 9.17) is 11.5 Å². The van der Waals surface area contributed by atoms with Crippen LogP contribution in [-0.2, 0) is 25.6 Å². The Morgan fingerprint density at radius 1 is 1.08 bits per heavy atom. The van der Waals surface area contributed by atoms with Crippen molar-refractivity contribution in [3.63, 3.8) is 0 Å². The van der Waals surface area contributed by atoms with Gasteiger partial charge in [0.05, 0.1) is 0 Å². The second-order valence-electron chi connectivity index (χ2n) is 5.52. The molecule has 0 radical (unpaired) electrons. The van der Waals surface area contributed by atoms with E-state index in [1.165, 1.54) is 6.92 Å². The standard InChI is InChI=1S/C18H21N3O5/c1-3-7-14(20-12(2)22)18(26)21-15(17(25)19-11-16(23)24)10-13-8-5-4-6-9-13/h1,4-6,8-9,14-15H,7,10-11H2,2H3,(H,19,25)(H,20,22)(H,21,26)(H,23,24)/t14-,15+/m1/s1. The van der Waals surface area contributed by atoms with Gasteiger partial charge in [-0.1, -0.05) is 30.3 Å². The van der Waals surface area contributed by atoms with Crippen molar-refractivity contribution in [2.24, 2.45) is 0 Å². The van der Waals surface area contributed by atoms with Gasteiger partial charge in [-0.25, -0.2) is 0 Å². The molecule has 0 saturated heterocycles. The Morgan fingerprint density at radius 3 is 2.27 bits per heavy atom. The van der Waals surface area contributed by atoms with Crippen molar-refractivity contribution < 1.29 is 24.3 Å². The summed E-state index contributed by atoms with van der Waals surface area (Å²) in [6.45, 7) is 0.678. The van der Waals surface area contributed by atoms with E-state index >= 15 is 0 Å². The summed E-state index contributed by atoms with van der Waals surface area (Å²) in [7, 11) is 0. The van der Waals surface area contributed by atoms with Crippen LogP contribution in [0.2, 0.25) is 0 Å². The zero-order valence-corrected chi connectivity index (χ0v) is 14.3. The molecule has 0 heterocycles. The van der Waals surface area contributed by atoms with Gasteiger partial charge in [0.1, 0.15) is 18.6 Å². The number of hydrogen-bond acceptors (Lipinski definition) is 4. The van der Waals surface area contributed by atoms with Crippen LogP contribution in [0.25, 0.3) is 0 Å². The number of carbonyl (C=O) groups is 4. The molecule has 8 nitrogen and oxygen atoms in total. The quantitative estimate of drug-likeness (QED) is 0.440. The molecule has 8 heteroatoms. The minimum atomic E-state index is -1.20. The highest BCUT2D eigenvalue weighted by Crippen LogP contribution is 2.04. The van der Waals surface area contributed by atoms with E-state index in [9.17, 15) is 19.2 Å². The summed E-state index contributed by atoms with van der Waals surface area (Å²) < 4.78 is 0. The van der Waals surface area contributed by atoms with E-state index in [-0.39, 0.29) is 12.8 Å². The number of nitrogens with one attached hydrogen (secondary N) is 3. The van der Waals surface area contributed by atoms with Crippen molar-refractivity contribution in [3.8, 4) is 12.3 Å². The van der Waals surface area contributed by atoms with Gasteiger partial charge in [0.15, 0.2) is 0 Å². The van der Waals surface area contributed by atoms with Crippen LogP contribution in [0.5, 0.6) is 0 Å². The first-order valence-electron chi connectivity index (χ1n) is 7.87. The number of rotatable bonds is 9. The summed E-state index contributed by atoms with van der Waals surface area (Å²) in [6.07, 6.45) is 5.32. The first kappa shape index (κ1) is 20.7. The van der Waals surface area contributed by atoms with Gasteiger partial charge in [-0.15, -0.1) is 12.3 Å². The molecule has 3 amide bonds. The molecule has 2 atom stereocenters. The summed E-state index contributed by atoms with van der Waals surface area (Å²) in [5.74, 6) is -0.612. The summed E-state index contributed by atoms with van der Waals surface area (Å²) >= 11 is 0. The fraction of sp³-hybridized carbons (Fsp3) is 0.333. The topological polar surface area (TPSA) is 125 Å². The fourth-order valence-electron chi connectivity index (χ4n) is 2.19. The number of carboxylic acid groups (broad SMARTS) is 1. The van der Waals surface area contributed by atoms with E-state index < -0.39 is 42.3 Å². The summed E-state index contributed by atoms with van der Waals surface area (Å²) in [5, 5.41) is 15.9. The highest BCUT2D eigenvalue weighted by Gasteiger charge is 2.26. The maximum Gasteiger partial charge on any atom is 0.322 e. The molecule has 4 N–H and O–H groups in total. The number of carbonyl (C=O) groups excluding carboxylic acids is 3. The van der Waals surface area contributed by atoms with Crippen molar-refractivity contribution in [2.75, 3.05) is 6.54 Å². The van der Waals surface area contributed by atoms with Crippen molar-refractivity contribution in [2.45, 2.75) is 31.8 Å². The first-order chi connectivity index (χ1) is 12.3. The summed E-state index contributed by atoms with van der Waals surface area (Å²) in [4.78, 5) is 46.5. The fourth-order valence-corrected chi connectivity index (χ4v) is 2.19. The molecular weight excluding hydrogens is 338 g/mol. The SMILES string of the molecule is C#CC[C@@H](NC(C)=O)C(=O)N[C@@H](Cc1ccccc1)C(=O)NCC(=O)O. The Balaban J connectivity index is 2.90. The van der Waals surface area contributed by atoms with Crippen molar-refractivity contribution in [1.82, 2.24) is 16.0 Å². The third kappa shape index (κ3) is 7.49. The minimum Gasteiger partial charge on any atom is -0.480 e. The zero-order valence-electron chi connectivity index (χ0n) is 14.3. The molecule has 0 spiro atoms. The number of benzene rings is 1. The van der Waals surface area contributed by atoms with Crippen LogP contribution in [0.3, 0.4) is 0 Å². The Kier molecular flexibility index (Phi) is 8.37. The average Bonchev–Trinajstić information content (AvgIpc) is 2.59. The molecule has 0 unspecified atom stereocenters. The molecule has 26 heavy (non-hydrogen) atoms. The lowest BCUT2D eigenvalue weighted by Crippen LogP contribution is -2.54. The van der Waals surface area contributed by atoms with E-state index in [0.717, 1.165) is 5.56 Å². The lowest BCUT2D eigenvalue weighted by molar-refractivity contribution is -0.138. The molecule has 0 aliphatic carbocycles. The molecular formula is C18H21N3O5. The van der Waals surface area contributed by atoms with Crippen molar-refractivity contribution >= 4 is 23.7 Å². The minimum absolute atomic E-state index is 0.0415. The van der Waals surface area contributed by atoms with Crippen molar-refractivity contribution in [3.05, 3.63) is 35.9 Å². The van der Waals surface area contributed by atoms with E-state index in [1.54, 1.807) is 30.3 Å². The number of carboxylic acids is 1. The predicted octanol–water partition coefficient (Wildman–Crippen LogP) is -0.557. The third-order valence-corrected chi connectivity index (χ3v) is 3.35. The second kappa shape index (κ2) is 10.5. The van der Waals surface area contributed by atoms with E-state index in [0.29, 0.717) is 0 Å². The van der Waals surface area contributed by atoms with Crippen molar-refractivity contribution in [1.29, 1.82) is 0 Å². The monoisotopic (exact) mass is 359 g/mol. The number of amides is 3. The smallest absolute Gasteiger partial charge is 0.322 e. The highest BCUT2D eigenvalue weighted by molar-refractivity contribution is 5.92. The predicted molar refractivity (Wildman–Crippen MR) is 93.8 cm³/mol. The van der Waals surface area contributed by atoms with Crippen LogP contribution in [0.1, 0.15) is 18.9 Å². The largest absolute Gasteiger partial charge is 0.480 e. The lowest BCUT2D eigenvalue weighted by Gasteiger charge is -2.22. The van der Waals surface area contributed by atoms with Gasteiger partial charge in [-0.3, -0.25) is 19.2 Å². The normalized spacial score (nSPS) is 12.2. The zero-order chi connectivity index (χ0) is 19.5. The Morgan fingerprint density at radius 2 is 1.73 bits per heavy atom. The Hall–Kier alpha value is -3.34. The summed E-state index contributed by atoms with van der Waals surface area (Å²) in [5.41, 5.74) is 0.774. The molecule has 1 aromatic rings. The van der Waals surface area contributed by atoms with E-state index in [1.807, 2.05) is 0 Å². The number of aliphatic carboxylic acids is 1. The maximum absolute atomic E-state index is 12.4. The highest BCUT2D eigenvalue weighted by atomic mass is 16.4. The molecule has 1 rings (SSSR count). The van der Waals surface area contributed by atoms with Crippen LogP contribution in [0.15, 0.2) is 30.3 Å². The maximum atomic E-state index is 12.4. The number of hydrogen-bond donors (Lipinski definition) is 4. The summed E-state index contributed by atoms with van der Waals surface area (Å²) in [6, 6.07) is 6.92. The molecule has 0 aliphatic rings. The average molecular weight is 359 g/mol. The molecule has 0 bridgehead atoms. The molecule has 0 saturated carbocycles. The van der Waals surface area contributed by atoms with Crippen LogP contribution in [0.4, 0.5) is 0 Å². The first-order valence-corrected chi connectivity index (χ1v) is 7.87. The van der Waals surface area contributed by atoms with Gasteiger partial charge < -0.3 is 21.1 Å². The van der Waals surface area contributed by atoms with Gasteiger partial charge in [0.2, 0.25) is 17.7 Å².